The van der Waals surface area contributed by atoms with Crippen LogP contribution in [-0.2, 0) is 0 Å². The highest BCUT2D eigenvalue weighted by molar-refractivity contribution is 6.36. The maximum atomic E-state index is 12.0. The Kier molecular flexibility index (Phi) is 4.16. The van der Waals surface area contributed by atoms with E-state index >= 15 is 0 Å². The molecule has 0 unspecified atom stereocenters. The van der Waals surface area contributed by atoms with E-state index in [1.54, 1.807) is 6.07 Å². The molecule has 1 N–H and O–H groups in total. The van der Waals surface area contributed by atoms with Crippen LogP contribution in [0.5, 0.6) is 0 Å². The molecule has 2 rings (SSSR count). The molecule has 8 heteroatoms. The van der Waals surface area contributed by atoms with Crippen molar-refractivity contribution in [2.24, 2.45) is 0 Å². The summed E-state index contributed by atoms with van der Waals surface area (Å²) < 4.78 is 0. The molecule has 0 fully saturated rings. The molecule has 0 aliphatic carbocycles. The number of nitro groups is 1. The number of rotatable bonds is 3. The molecule has 0 aliphatic rings. The fraction of sp³-hybridized carbons (Fsp3) is 0. The van der Waals surface area contributed by atoms with E-state index in [2.05, 4.69) is 10.3 Å². The molecule has 1 heterocycles. The van der Waals surface area contributed by atoms with Gasteiger partial charge in [0.05, 0.1) is 15.5 Å². The highest BCUT2D eigenvalue weighted by Crippen LogP contribution is 2.21. The third-order valence-electron chi connectivity index (χ3n) is 2.37. The van der Waals surface area contributed by atoms with Gasteiger partial charge in [-0.2, -0.15) is 0 Å². The summed E-state index contributed by atoms with van der Waals surface area (Å²) in [6, 6.07) is 7.05. The number of nitrogens with one attached hydrogen (secondary N) is 1. The van der Waals surface area contributed by atoms with Crippen LogP contribution in [0.15, 0.2) is 36.5 Å². The zero-order valence-corrected chi connectivity index (χ0v) is 11.4. The maximum Gasteiger partial charge on any atom is 0.287 e. The van der Waals surface area contributed by atoms with Gasteiger partial charge in [0.15, 0.2) is 0 Å². The second-order valence-electron chi connectivity index (χ2n) is 3.74. The van der Waals surface area contributed by atoms with Gasteiger partial charge >= 0.3 is 0 Å². The van der Waals surface area contributed by atoms with Gasteiger partial charge in [-0.1, -0.05) is 23.2 Å². The number of carbonyl (C=O) groups excluding carboxylic acids is 1. The smallest absolute Gasteiger partial charge is 0.287 e. The summed E-state index contributed by atoms with van der Waals surface area (Å²) in [5, 5.41) is 13.6. The summed E-state index contributed by atoms with van der Waals surface area (Å²) >= 11 is 11.7. The number of pyridine rings is 1. The van der Waals surface area contributed by atoms with Gasteiger partial charge in [-0.3, -0.25) is 14.9 Å². The summed E-state index contributed by atoms with van der Waals surface area (Å²) in [6.07, 6.45) is 1.05. The van der Waals surface area contributed by atoms with Crippen molar-refractivity contribution in [3.05, 3.63) is 62.3 Å². The van der Waals surface area contributed by atoms with Gasteiger partial charge in [-0.25, -0.2) is 4.98 Å². The molecular formula is C12H7Cl2N3O3. The Balaban J connectivity index is 2.19. The number of nitrogens with zero attached hydrogens (tertiary/aromatic N) is 2. The van der Waals surface area contributed by atoms with Gasteiger partial charge in [-0.15, -0.1) is 0 Å². The average Bonchev–Trinajstić information content (AvgIpc) is 2.42. The van der Waals surface area contributed by atoms with Crippen LogP contribution in [-0.4, -0.2) is 15.8 Å². The molecule has 0 spiro atoms. The Morgan fingerprint density at radius 1 is 1.25 bits per heavy atom. The SMILES string of the molecule is O=C(Nc1ccc([N+](=O)[O-])cn1)c1cc(Cl)ccc1Cl. The molecule has 0 radical (unpaired) electrons. The number of hydrogen-bond donors (Lipinski definition) is 1. The Hall–Kier alpha value is -2.18. The van der Waals surface area contributed by atoms with E-state index in [-0.39, 0.29) is 22.1 Å². The van der Waals surface area contributed by atoms with Crippen LogP contribution in [0.2, 0.25) is 10.0 Å². The number of benzene rings is 1. The molecule has 0 saturated carbocycles. The second-order valence-corrected chi connectivity index (χ2v) is 4.58. The van der Waals surface area contributed by atoms with Crippen LogP contribution >= 0.6 is 23.2 Å². The number of hydrogen-bond acceptors (Lipinski definition) is 4. The highest BCUT2D eigenvalue weighted by Gasteiger charge is 2.13. The molecule has 102 valence electrons. The molecule has 0 aliphatic heterocycles. The lowest BCUT2D eigenvalue weighted by atomic mass is 10.2. The van der Waals surface area contributed by atoms with Crippen molar-refractivity contribution in [3.63, 3.8) is 0 Å². The zero-order chi connectivity index (χ0) is 14.7. The van der Waals surface area contributed by atoms with E-state index in [9.17, 15) is 14.9 Å². The summed E-state index contributed by atoms with van der Waals surface area (Å²) in [6.45, 7) is 0. The van der Waals surface area contributed by atoms with E-state index < -0.39 is 10.8 Å². The van der Waals surface area contributed by atoms with Crippen molar-refractivity contribution < 1.29 is 9.72 Å². The summed E-state index contributed by atoms with van der Waals surface area (Å²) in [7, 11) is 0. The van der Waals surface area contributed by atoms with Crippen LogP contribution in [0.4, 0.5) is 11.5 Å². The Morgan fingerprint density at radius 2 is 2.00 bits per heavy atom. The minimum atomic E-state index is -0.577. The predicted octanol–water partition coefficient (Wildman–Crippen LogP) is 3.55. The molecule has 1 amide bonds. The molecule has 0 bridgehead atoms. The lowest BCUT2D eigenvalue weighted by Gasteiger charge is -2.06. The van der Waals surface area contributed by atoms with E-state index in [0.29, 0.717) is 5.02 Å². The lowest BCUT2D eigenvalue weighted by molar-refractivity contribution is -0.385. The van der Waals surface area contributed by atoms with Crippen molar-refractivity contribution >= 4 is 40.6 Å². The third kappa shape index (κ3) is 3.23. The normalized spacial score (nSPS) is 10.1. The number of aromatic nitrogens is 1. The molecule has 1 aromatic heterocycles. The van der Waals surface area contributed by atoms with Crippen LogP contribution in [0.1, 0.15) is 10.4 Å². The summed E-state index contributed by atoms with van der Waals surface area (Å²) in [5.74, 6) is -0.324. The van der Waals surface area contributed by atoms with Crippen LogP contribution in [0, 0.1) is 10.1 Å². The zero-order valence-electron chi connectivity index (χ0n) is 9.84. The monoisotopic (exact) mass is 311 g/mol. The number of halogens is 2. The molecule has 0 saturated heterocycles. The third-order valence-corrected chi connectivity index (χ3v) is 2.94. The van der Waals surface area contributed by atoms with Gasteiger partial charge in [0.1, 0.15) is 12.0 Å². The van der Waals surface area contributed by atoms with Crippen LogP contribution in [0.3, 0.4) is 0 Å². The molecule has 1 aromatic carbocycles. The molecular weight excluding hydrogens is 305 g/mol. The number of carbonyl (C=O) groups is 1. The first kappa shape index (κ1) is 14.2. The summed E-state index contributed by atoms with van der Waals surface area (Å²) in [5.41, 5.74) is 0.0307. The topological polar surface area (TPSA) is 85.1 Å². The van der Waals surface area contributed by atoms with Gasteiger partial charge in [0.2, 0.25) is 0 Å². The van der Waals surface area contributed by atoms with E-state index in [4.69, 9.17) is 23.2 Å². The van der Waals surface area contributed by atoms with E-state index in [1.807, 2.05) is 0 Å². The Morgan fingerprint density at radius 3 is 2.60 bits per heavy atom. The van der Waals surface area contributed by atoms with Crippen molar-refractivity contribution in [2.75, 3.05) is 5.32 Å². The molecule has 2 aromatic rings. The van der Waals surface area contributed by atoms with Crippen molar-refractivity contribution in [3.8, 4) is 0 Å². The minimum Gasteiger partial charge on any atom is -0.307 e. The lowest BCUT2D eigenvalue weighted by Crippen LogP contribution is -2.13. The van der Waals surface area contributed by atoms with Gasteiger partial charge in [-0.05, 0) is 24.3 Å². The quantitative estimate of drug-likeness (QED) is 0.693. The van der Waals surface area contributed by atoms with Crippen molar-refractivity contribution in [1.29, 1.82) is 0 Å². The highest BCUT2D eigenvalue weighted by atomic mass is 35.5. The Labute approximate surface area is 123 Å². The molecule has 6 nitrogen and oxygen atoms in total. The average molecular weight is 312 g/mol. The summed E-state index contributed by atoms with van der Waals surface area (Å²) in [4.78, 5) is 25.7. The van der Waals surface area contributed by atoms with Gasteiger partial charge in [0.25, 0.3) is 11.6 Å². The van der Waals surface area contributed by atoms with Gasteiger partial charge < -0.3 is 5.32 Å². The maximum absolute atomic E-state index is 12.0. The van der Waals surface area contributed by atoms with E-state index in [0.717, 1.165) is 6.20 Å². The van der Waals surface area contributed by atoms with Crippen molar-refractivity contribution in [1.82, 2.24) is 4.98 Å². The Bertz CT molecular complexity index is 674. The van der Waals surface area contributed by atoms with Crippen LogP contribution in [0.25, 0.3) is 0 Å². The van der Waals surface area contributed by atoms with E-state index in [1.165, 1.54) is 24.3 Å². The molecule has 20 heavy (non-hydrogen) atoms. The first-order chi connectivity index (χ1) is 9.47. The standard InChI is InChI=1S/C12H7Cl2N3O3/c13-7-1-3-10(14)9(5-7)12(18)16-11-4-2-8(6-15-11)17(19)20/h1-6H,(H,15,16,18). The fourth-order valence-corrected chi connectivity index (χ4v) is 1.80. The minimum absolute atomic E-state index is 0.163. The van der Waals surface area contributed by atoms with Gasteiger partial charge in [0, 0.05) is 11.1 Å². The van der Waals surface area contributed by atoms with Crippen LogP contribution < -0.4 is 5.32 Å². The predicted molar refractivity (Wildman–Crippen MR) is 75.3 cm³/mol. The van der Waals surface area contributed by atoms with Crippen molar-refractivity contribution in [2.45, 2.75) is 0 Å². The first-order valence-corrected chi connectivity index (χ1v) is 6.10. The number of amides is 1. The number of anilines is 1. The molecule has 0 atom stereocenters. The fourth-order valence-electron chi connectivity index (χ4n) is 1.42. The second kappa shape index (κ2) is 5.85. The largest absolute Gasteiger partial charge is 0.307 e. The first-order valence-electron chi connectivity index (χ1n) is 5.34.